The molecule has 0 aliphatic heterocycles. The third-order valence-electron chi connectivity index (χ3n) is 2.64. The summed E-state index contributed by atoms with van der Waals surface area (Å²) in [6.07, 6.45) is 3.88. The molecule has 0 fully saturated rings. The standard InChI is InChI=1S/C13H16ClN3/c1-10(5-4-8-14)16-13-15-9-11-6-2-3-7-12(11)17-13/h2-3,6-7,9-10H,4-5,8H2,1H3,(H,15,16,17). The highest BCUT2D eigenvalue weighted by molar-refractivity contribution is 6.17. The second kappa shape index (κ2) is 5.82. The fourth-order valence-corrected chi connectivity index (χ4v) is 1.87. The molecule has 0 spiro atoms. The zero-order chi connectivity index (χ0) is 12.1. The van der Waals surface area contributed by atoms with Crippen molar-refractivity contribution in [2.24, 2.45) is 0 Å². The number of fused-ring (bicyclic) bond motifs is 1. The Morgan fingerprint density at radius 2 is 2.18 bits per heavy atom. The number of halogens is 1. The van der Waals surface area contributed by atoms with Crippen molar-refractivity contribution < 1.29 is 0 Å². The molecular weight excluding hydrogens is 234 g/mol. The van der Waals surface area contributed by atoms with Crippen LogP contribution in [0.1, 0.15) is 19.8 Å². The van der Waals surface area contributed by atoms with Crippen LogP contribution < -0.4 is 5.32 Å². The van der Waals surface area contributed by atoms with Crippen molar-refractivity contribution in [1.82, 2.24) is 9.97 Å². The molecule has 2 aromatic rings. The number of hydrogen-bond acceptors (Lipinski definition) is 3. The average Bonchev–Trinajstić information content (AvgIpc) is 2.36. The molecule has 4 heteroatoms. The van der Waals surface area contributed by atoms with Gasteiger partial charge in [-0.3, -0.25) is 0 Å². The fraction of sp³-hybridized carbons (Fsp3) is 0.385. The maximum absolute atomic E-state index is 5.67. The fourth-order valence-electron chi connectivity index (χ4n) is 1.72. The van der Waals surface area contributed by atoms with Gasteiger partial charge in [-0.25, -0.2) is 9.97 Å². The van der Waals surface area contributed by atoms with Crippen LogP contribution in [0.15, 0.2) is 30.5 Å². The van der Waals surface area contributed by atoms with Gasteiger partial charge in [0.15, 0.2) is 0 Å². The number of benzene rings is 1. The number of rotatable bonds is 5. The molecule has 1 atom stereocenters. The van der Waals surface area contributed by atoms with E-state index in [0.29, 0.717) is 17.9 Å². The van der Waals surface area contributed by atoms with Gasteiger partial charge in [0.2, 0.25) is 5.95 Å². The third-order valence-corrected chi connectivity index (χ3v) is 2.90. The summed E-state index contributed by atoms with van der Waals surface area (Å²) in [4.78, 5) is 8.77. The maximum atomic E-state index is 5.67. The van der Waals surface area contributed by atoms with Gasteiger partial charge in [0.25, 0.3) is 0 Å². The second-order valence-corrected chi connectivity index (χ2v) is 4.51. The first-order chi connectivity index (χ1) is 8.29. The van der Waals surface area contributed by atoms with Gasteiger partial charge < -0.3 is 5.32 Å². The maximum Gasteiger partial charge on any atom is 0.223 e. The first-order valence-corrected chi connectivity index (χ1v) is 6.37. The Kier molecular flexibility index (Phi) is 4.15. The van der Waals surface area contributed by atoms with Crippen molar-refractivity contribution >= 4 is 28.5 Å². The molecule has 1 unspecified atom stereocenters. The highest BCUT2D eigenvalue weighted by Gasteiger charge is 2.04. The molecule has 0 aliphatic carbocycles. The second-order valence-electron chi connectivity index (χ2n) is 4.13. The molecular formula is C13H16ClN3. The lowest BCUT2D eigenvalue weighted by Gasteiger charge is -2.12. The Morgan fingerprint density at radius 3 is 3.00 bits per heavy atom. The molecule has 0 amide bonds. The van der Waals surface area contributed by atoms with Crippen LogP contribution in [0.25, 0.3) is 10.9 Å². The van der Waals surface area contributed by atoms with E-state index in [2.05, 4.69) is 22.2 Å². The van der Waals surface area contributed by atoms with Gasteiger partial charge in [-0.15, -0.1) is 11.6 Å². The largest absolute Gasteiger partial charge is 0.352 e. The van der Waals surface area contributed by atoms with E-state index < -0.39 is 0 Å². The van der Waals surface area contributed by atoms with E-state index in [1.165, 1.54) is 0 Å². The quantitative estimate of drug-likeness (QED) is 0.825. The molecule has 0 aliphatic rings. The van der Waals surface area contributed by atoms with Gasteiger partial charge in [-0.2, -0.15) is 0 Å². The first kappa shape index (κ1) is 12.1. The van der Waals surface area contributed by atoms with Crippen LogP contribution in [-0.2, 0) is 0 Å². The lowest BCUT2D eigenvalue weighted by Crippen LogP contribution is -2.17. The number of nitrogens with one attached hydrogen (secondary N) is 1. The number of anilines is 1. The van der Waals surface area contributed by atoms with E-state index in [-0.39, 0.29) is 0 Å². The first-order valence-electron chi connectivity index (χ1n) is 5.84. The summed E-state index contributed by atoms with van der Waals surface area (Å²) < 4.78 is 0. The van der Waals surface area contributed by atoms with Crippen LogP contribution in [0.5, 0.6) is 0 Å². The van der Waals surface area contributed by atoms with Crippen molar-refractivity contribution in [1.29, 1.82) is 0 Å². The molecule has 1 heterocycles. The molecule has 90 valence electrons. The highest BCUT2D eigenvalue weighted by Crippen LogP contribution is 2.13. The minimum absolute atomic E-state index is 0.343. The van der Waals surface area contributed by atoms with Crippen LogP contribution in [-0.4, -0.2) is 21.9 Å². The summed E-state index contributed by atoms with van der Waals surface area (Å²) in [5.74, 6) is 1.38. The zero-order valence-corrected chi connectivity index (χ0v) is 10.6. The van der Waals surface area contributed by atoms with Crippen molar-refractivity contribution in [3.05, 3.63) is 30.5 Å². The normalized spacial score (nSPS) is 12.6. The van der Waals surface area contributed by atoms with E-state index in [0.717, 1.165) is 23.7 Å². The molecule has 0 saturated carbocycles. The Hall–Kier alpha value is -1.35. The summed E-state index contributed by atoms with van der Waals surface area (Å²) in [5, 5.41) is 4.35. The lowest BCUT2D eigenvalue weighted by molar-refractivity contribution is 0.687. The van der Waals surface area contributed by atoms with Crippen LogP contribution in [0.2, 0.25) is 0 Å². The minimum Gasteiger partial charge on any atom is -0.352 e. The predicted octanol–water partition coefficient (Wildman–Crippen LogP) is 3.45. The molecule has 0 saturated heterocycles. The third kappa shape index (κ3) is 3.30. The summed E-state index contributed by atoms with van der Waals surface area (Å²) in [5.41, 5.74) is 0.967. The number of hydrogen-bond donors (Lipinski definition) is 1. The van der Waals surface area contributed by atoms with Crippen LogP contribution >= 0.6 is 11.6 Å². The van der Waals surface area contributed by atoms with Crippen LogP contribution in [0.4, 0.5) is 5.95 Å². The summed E-state index contributed by atoms with van der Waals surface area (Å²) >= 11 is 5.67. The SMILES string of the molecule is CC(CCCCl)Nc1ncc2ccccc2n1. The van der Waals surface area contributed by atoms with Crippen molar-refractivity contribution in [2.45, 2.75) is 25.8 Å². The van der Waals surface area contributed by atoms with Crippen molar-refractivity contribution in [3.63, 3.8) is 0 Å². The highest BCUT2D eigenvalue weighted by atomic mass is 35.5. The summed E-state index contributed by atoms with van der Waals surface area (Å²) in [7, 11) is 0. The number of nitrogens with zero attached hydrogens (tertiary/aromatic N) is 2. The monoisotopic (exact) mass is 249 g/mol. The van der Waals surface area contributed by atoms with E-state index in [9.17, 15) is 0 Å². The lowest BCUT2D eigenvalue weighted by atomic mass is 10.2. The van der Waals surface area contributed by atoms with Gasteiger partial charge in [-0.1, -0.05) is 18.2 Å². The topological polar surface area (TPSA) is 37.8 Å². The smallest absolute Gasteiger partial charge is 0.223 e. The Bertz CT molecular complexity index is 487. The molecule has 17 heavy (non-hydrogen) atoms. The summed E-state index contributed by atoms with van der Waals surface area (Å²) in [6, 6.07) is 8.31. The molecule has 2 rings (SSSR count). The molecule has 0 bridgehead atoms. The van der Waals surface area contributed by atoms with E-state index >= 15 is 0 Å². The van der Waals surface area contributed by atoms with Crippen LogP contribution in [0.3, 0.4) is 0 Å². The Balaban J connectivity index is 2.08. The summed E-state index contributed by atoms with van der Waals surface area (Å²) in [6.45, 7) is 2.12. The van der Waals surface area contributed by atoms with Crippen LogP contribution in [0, 0.1) is 0 Å². The van der Waals surface area contributed by atoms with Crippen molar-refractivity contribution in [2.75, 3.05) is 11.2 Å². The van der Waals surface area contributed by atoms with E-state index in [4.69, 9.17) is 11.6 Å². The molecule has 0 radical (unpaired) electrons. The Labute approximate surface area is 106 Å². The number of para-hydroxylation sites is 1. The molecule has 1 aromatic heterocycles. The number of alkyl halides is 1. The van der Waals surface area contributed by atoms with Gasteiger partial charge in [0.05, 0.1) is 5.52 Å². The zero-order valence-electron chi connectivity index (χ0n) is 9.86. The average molecular weight is 250 g/mol. The van der Waals surface area contributed by atoms with Gasteiger partial charge in [0, 0.05) is 23.5 Å². The van der Waals surface area contributed by atoms with E-state index in [1.54, 1.807) is 0 Å². The van der Waals surface area contributed by atoms with Crippen molar-refractivity contribution in [3.8, 4) is 0 Å². The molecule has 1 aromatic carbocycles. The molecule has 1 N–H and O–H groups in total. The van der Waals surface area contributed by atoms with Gasteiger partial charge in [-0.05, 0) is 25.8 Å². The Morgan fingerprint density at radius 1 is 1.35 bits per heavy atom. The predicted molar refractivity (Wildman–Crippen MR) is 72.6 cm³/mol. The minimum atomic E-state index is 0.343. The van der Waals surface area contributed by atoms with Gasteiger partial charge >= 0.3 is 0 Å². The molecule has 3 nitrogen and oxygen atoms in total. The van der Waals surface area contributed by atoms with Gasteiger partial charge in [0.1, 0.15) is 0 Å². The number of aromatic nitrogens is 2. The van der Waals surface area contributed by atoms with E-state index in [1.807, 2.05) is 30.5 Å².